The summed E-state index contributed by atoms with van der Waals surface area (Å²) < 4.78 is 5.81. The first-order chi connectivity index (χ1) is 10.2. The molecule has 0 radical (unpaired) electrons. The lowest BCUT2D eigenvalue weighted by atomic mass is 10.1. The molecule has 4 N–H and O–H groups in total. The van der Waals surface area contributed by atoms with Crippen LogP contribution >= 0.6 is 0 Å². The summed E-state index contributed by atoms with van der Waals surface area (Å²) >= 11 is 0. The SMILES string of the molecule is Nc1cc(-c2ccc3oc4ccccc4c3c2)nc(N)n1. The third-order valence-electron chi connectivity index (χ3n) is 3.44. The zero-order chi connectivity index (χ0) is 14.4. The molecular formula is C16H12N4O. The Kier molecular flexibility index (Phi) is 2.35. The monoisotopic (exact) mass is 276 g/mol. The number of anilines is 2. The first kappa shape index (κ1) is 11.7. The number of benzene rings is 2. The Morgan fingerprint density at radius 1 is 0.810 bits per heavy atom. The standard InChI is InChI=1S/C16H12N4O/c17-15-8-12(19-16(18)20-15)9-5-6-14-11(7-9)10-3-1-2-4-13(10)21-14/h1-8H,(H4,17,18,19,20). The Balaban J connectivity index is 1.99. The Morgan fingerprint density at radius 2 is 1.62 bits per heavy atom. The van der Waals surface area contributed by atoms with E-state index in [0.717, 1.165) is 27.5 Å². The minimum absolute atomic E-state index is 0.169. The van der Waals surface area contributed by atoms with Crippen molar-refractivity contribution in [3.8, 4) is 11.3 Å². The molecule has 21 heavy (non-hydrogen) atoms. The van der Waals surface area contributed by atoms with Gasteiger partial charge < -0.3 is 15.9 Å². The van der Waals surface area contributed by atoms with Crippen LogP contribution in [0.1, 0.15) is 0 Å². The molecule has 0 amide bonds. The second-order valence-corrected chi connectivity index (χ2v) is 4.85. The van der Waals surface area contributed by atoms with Crippen molar-refractivity contribution in [1.29, 1.82) is 0 Å². The van der Waals surface area contributed by atoms with E-state index in [-0.39, 0.29) is 5.95 Å². The van der Waals surface area contributed by atoms with E-state index >= 15 is 0 Å². The molecule has 2 aromatic carbocycles. The number of aromatic nitrogens is 2. The van der Waals surface area contributed by atoms with E-state index in [1.807, 2.05) is 42.5 Å². The molecule has 5 nitrogen and oxygen atoms in total. The van der Waals surface area contributed by atoms with Crippen LogP contribution in [0.2, 0.25) is 0 Å². The van der Waals surface area contributed by atoms with Crippen molar-refractivity contribution >= 4 is 33.7 Å². The van der Waals surface area contributed by atoms with Gasteiger partial charge in [0.05, 0.1) is 5.69 Å². The molecule has 2 heterocycles. The zero-order valence-corrected chi connectivity index (χ0v) is 11.1. The molecule has 102 valence electrons. The Bertz CT molecular complexity index is 954. The maximum absolute atomic E-state index is 5.81. The van der Waals surface area contributed by atoms with Crippen LogP contribution in [0.4, 0.5) is 11.8 Å². The van der Waals surface area contributed by atoms with Gasteiger partial charge in [-0.05, 0) is 24.3 Å². The number of hydrogen-bond donors (Lipinski definition) is 2. The maximum Gasteiger partial charge on any atom is 0.222 e. The molecule has 5 heteroatoms. The molecule has 0 aliphatic rings. The third kappa shape index (κ3) is 1.87. The second-order valence-electron chi connectivity index (χ2n) is 4.85. The number of nitrogens with two attached hydrogens (primary N) is 2. The zero-order valence-electron chi connectivity index (χ0n) is 11.1. The average molecular weight is 276 g/mol. The van der Waals surface area contributed by atoms with Crippen LogP contribution in [-0.4, -0.2) is 9.97 Å². The highest BCUT2D eigenvalue weighted by molar-refractivity contribution is 6.06. The fourth-order valence-electron chi connectivity index (χ4n) is 2.52. The number of para-hydroxylation sites is 1. The van der Waals surface area contributed by atoms with Gasteiger partial charge in [-0.15, -0.1) is 0 Å². The fourth-order valence-corrected chi connectivity index (χ4v) is 2.52. The van der Waals surface area contributed by atoms with Gasteiger partial charge in [-0.2, -0.15) is 4.98 Å². The molecule has 0 atom stereocenters. The number of fused-ring (bicyclic) bond motifs is 3. The van der Waals surface area contributed by atoms with Gasteiger partial charge in [0.1, 0.15) is 17.0 Å². The summed E-state index contributed by atoms with van der Waals surface area (Å²) in [6, 6.07) is 15.5. The molecule has 0 spiro atoms. The van der Waals surface area contributed by atoms with E-state index in [4.69, 9.17) is 15.9 Å². The smallest absolute Gasteiger partial charge is 0.222 e. The summed E-state index contributed by atoms with van der Waals surface area (Å²) in [7, 11) is 0. The summed E-state index contributed by atoms with van der Waals surface area (Å²) in [5, 5.41) is 2.11. The molecule has 0 unspecified atom stereocenters. The first-order valence-corrected chi connectivity index (χ1v) is 6.52. The van der Waals surface area contributed by atoms with E-state index in [9.17, 15) is 0 Å². The Hall–Kier alpha value is -3.08. The van der Waals surface area contributed by atoms with Crippen LogP contribution in [0.25, 0.3) is 33.2 Å². The van der Waals surface area contributed by atoms with Gasteiger partial charge in [0.15, 0.2) is 0 Å². The fraction of sp³-hybridized carbons (Fsp3) is 0. The normalized spacial score (nSPS) is 11.2. The van der Waals surface area contributed by atoms with Crippen LogP contribution in [0, 0.1) is 0 Å². The molecular weight excluding hydrogens is 264 g/mol. The Morgan fingerprint density at radius 3 is 2.48 bits per heavy atom. The van der Waals surface area contributed by atoms with Gasteiger partial charge in [-0.25, -0.2) is 4.98 Å². The van der Waals surface area contributed by atoms with Crippen molar-refractivity contribution in [3.05, 3.63) is 48.5 Å². The van der Waals surface area contributed by atoms with Gasteiger partial charge >= 0.3 is 0 Å². The van der Waals surface area contributed by atoms with Crippen molar-refractivity contribution in [2.24, 2.45) is 0 Å². The van der Waals surface area contributed by atoms with Crippen molar-refractivity contribution in [1.82, 2.24) is 9.97 Å². The number of hydrogen-bond acceptors (Lipinski definition) is 5. The van der Waals surface area contributed by atoms with Crippen molar-refractivity contribution in [2.45, 2.75) is 0 Å². The molecule has 0 bridgehead atoms. The third-order valence-corrected chi connectivity index (χ3v) is 3.44. The van der Waals surface area contributed by atoms with E-state index in [1.54, 1.807) is 6.07 Å². The molecule has 0 fully saturated rings. The molecule has 2 aromatic heterocycles. The van der Waals surface area contributed by atoms with E-state index in [2.05, 4.69) is 9.97 Å². The van der Waals surface area contributed by atoms with Crippen LogP contribution < -0.4 is 11.5 Å². The van der Waals surface area contributed by atoms with Crippen molar-refractivity contribution in [2.75, 3.05) is 11.5 Å². The molecule has 0 aliphatic heterocycles. The summed E-state index contributed by atoms with van der Waals surface area (Å²) in [6.45, 7) is 0. The summed E-state index contributed by atoms with van der Waals surface area (Å²) in [5.74, 6) is 0.525. The lowest BCUT2D eigenvalue weighted by Crippen LogP contribution is -2.00. The summed E-state index contributed by atoms with van der Waals surface area (Å²) in [4.78, 5) is 8.12. The lowest BCUT2D eigenvalue weighted by Gasteiger charge is -2.03. The van der Waals surface area contributed by atoms with Crippen LogP contribution in [-0.2, 0) is 0 Å². The quantitative estimate of drug-likeness (QED) is 0.557. The molecule has 0 aliphatic carbocycles. The summed E-state index contributed by atoms with van der Waals surface area (Å²) in [5.41, 5.74) is 14.7. The second kappa shape index (κ2) is 4.21. The maximum atomic E-state index is 5.81. The molecule has 4 aromatic rings. The van der Waals surface area contributed by atoms with E-state index < -0.39 is 0 Å². The number of nitrogen functional groups attached to an aromatic ring is 2. The average Bonchev–Trinajstić information content (AvgIpc) is 2.84. The number of furan rings is 1. The molecule has 4 rings (SSSR count). The number of nitrogens with zero attached hydrogens (tertiary/aromatic N) is 2. The van der Waals surface area contributed by atoms with Gasteiger partial charge in [0.2, 0.25) is 5.95 Å². The minimum atomic E-state index is 0.169. The predicted octanol–water partition coefficient (Wildman–Crippen LogP) is 3.21. The largest absolute Gasteiger partial charge is 0.456 e. The highest BCUT2D eigenvalue weighted by atomic mass is 16.3. The van der Waals surface area contributed by atoms with Gasteiger partial charge in [-0.1, -0.05) is 18.2 Å². The van der Waals surface area contributed by atoms with E-state index in [0.29, 0.717) is 11.5 Å². The topological polar surface area (TPSA) is 91.0 Å². The molecule has 0 saturated carbocycles. The van der Waals surface area contributed by atoms with E-state index in [1.165, 1.54) is 0 Å². The van der Waals surface area contributed by atoms with Crippen molar-refractivity contribution in [3.63, 3.8) is 0 Å². The van der Waals surface area contributed by atoms with Crippen molar-refractivity contribution < 1.29 is 4.42 Å². The Labute approximate surface area is 120 Å². The van der Waals surface area contributed by atoms with Crippen LogP contribution in [0.5, 0.6) is 0 Å². The van der Waals surface area contributed by atoms with Gasteiger partial charge in [0, 0.05) is 22.4 Å². The highest BCUT2D eigenvalue weighted by Gasteiger charge is 2.09. The lowest BCUT2D eigenvalue weighted by molar-refractivity contribution is 0.669. The van der Waals surface area contributed by atoms with Gasteiger partial charge in [-0.3, -0.25) is 0 Å². The van der Waals surface area contributed by atoms with Crippen LogP contribution in [0.3, 0.4) is 0 Å². The first-order valence-electron chi connectivity index (χ1n) is 6.52. The van der Waals surface area contributed by atoms with Gasteiger partial charge in [0.25, 0.3) is 0 Å². The predicted molar refractivity (Wildman–Crippen MR) is 83.6 cm³/mol. The minimum Gasteiger partial charge on any atom is -0.456 e. The van der Waals surface area contributed by atoms with Crippen LogP contribution in [0.15, 0.2) is 52.9 Å². The summed E-state index contributed by atoms with van der Waals surface area (Å²) in [6.07, 6.45) is 0. The highest BCUT2D eigenvalue weighted by Crippen LogP contribution is 2.32. The number of rotatable bonds is 1. The molecule has 0 saturated heterocycles.